The maximum atomic E-state index is 13.5. The lowest BCUT2D eigenvalue weighted by Crippen LogP contribution is -1.90. The summed E-state index contributed by atoms with van der Waals surface area (Å²) < 4.78 is 13.5. The van der Waals surface area contributed by atoms with Gasteiger partial charge in [-0.25, -0.2) is 9.37 Å². The molecule has 0 aliphatic heterocycles. The molecule has 0 saturated heterocycles. The summed E-state index contributed by atoms with van der Waals surface area (Å²) in [5, 5.41) is 0.552. The van der Waals surface area contributed by atoms with Gasteiger partial charge in [0, 0.05) is 18.0 Å². The molecule has 0 unspecified atom stereocenters. The highest BCUT2D eigenvalue weighted by atomic mass is 32.2. The highest BCUT2D eigenvalue weighted by Crippen LogP contribution is 2.30. The fourth-order valence-electron chi connectivity index (χ4n) is 1.17. The molecule has 16 heavy (non-hydrogen) atoms. The number of carbonyl (C=O) groups is 1. The third kappa shape index (κ3) is 2.25. The van der Waals surface area contributed by atoms with Gasteiger partial charge in [-0.2, -0.15) is 0 Å². The van der Waals surface area contributed by atoms with Gasteiger partial charge in [-0.05, 0) is 6.07 Å². The molecule has 0 aliphatic rings. The molecule has 0 aliphatic carbocycles. The number of benzene rings is 1. The van der Waals surface area contributed by atoms with Gasteiger partial charge in [-0.3, -0.25) is 9.78 Å². The largest absolute Gasteiger partial charge is 0.298 e. The minimum Gasteiger partial charge on any atom is -0.298 e. The molecule has 5 heteroatoms. The molecule has 1 aromatic carbocycles. The molecule has 0 atom stereocenters. The minimum atomic E-state index is -0.430. The van der Waals surface area contributed by atoms with E-state index < -0.39 is 5.82 Å². The van der Waals surface area contributed by atoms with Crippen LogP contribution in [0.4, 0.5) is 4.39 Å². The molecule has 0 fully saturated rings. The van der Waals surface area contributed by atoms with E-state index >= 15 is 0 Å². The summed E-state index contributed by atoms with van der Waals surface area (Å²) in [6, 6.07) is 4.38. The zero-order valence-electron chi connectivity index (χ0n) is 8.13. The molecule has 0 saturated carbocycles. The Morgan fingerprint density at radius 1 is 1.31 bits per heavy atom. The van der Waals surface area contributed by atoms with Crippen molar-refractivity contribution >= 4 is 18.0 Å². The third-order valence-electron chi connectivity index (χ3n) is 1.87. The van der Waals surface area contributed by atoms with Gasteiger partial charge in [0.1, 0.15) is 10.8 Å². The molecular formula is C11H7FN2OS. The fraction of sp³-hybridized carbons (Fsp3) is 0. The monoisotopic (exact) mass is 234 g/mol. The molecule has 0 spiro atoms. The third-order valence-corrected chi connectivity index (χ3v) is 2.93. The number of aldehydes is 1. The van der Waals surface area contributed by atoms with Gasteiger partial charge in [-0.15, -0.1) is 0 Å². The lowest BCUT2D eigenvalue weighted by atomic mass is 10.2. The Morgan fingerprint density at radius 3 is 2.88 bits per heavy atom. The maximum Gasteiger partial charge on any atom is 0.151 e. The predicted octanol–water partition coefficient (Wildman–Crippen LogP) is 2.58. The molecule has 1 heterocycles. The number of aromatic nitrogens is 2. The second kappa shape index (κ2) is 4.85. The molecule has 0 radical (unpaired) electrons. The minimum absolute atomic E-state index is 0.276. The molecule has 1 aromatic heterocycles. The Hall–Kier alpha value is -1.75. The first-order valence-electron chi connectivity index (χ1n) is 4.49. The normalized spacial score (nSPS) is 10.1. The van der Waals surface area contributed by atoms with Crippen LogP contribution in [0.25, 0.3) is 0 Å². The highest BCUT2D eigenvalue weighted by Gasteiger charge is 2.10. The van der Waals surface area contributed by atoms with Crippen LogP contribution in [0.15, 0.2) is 46.7 Å². The van der Waals surface area contributed by atoms with Gasteiger partial charge in [0.2, 0.25) is 0 Å². The summed E-state index contributed by atoms with van der Waals surface area (Å²) >= 11 is 1.09. The Bertz CT molecular complexity index is 505. The van der Waals surface area contributed by atoms with Crippen LogP contribution in [0.1, 0.15) is 10.4 Å². The van der Waals surface area contributed by atoms with E-state index in [0.29, 0.717) is 16.9 Å². The summed E-state index contributed by atoms with van der Waals surface area (Å²) in [4.78, 5) is 18.9. The lowest BCUT2D eigenvalue weighted by molar-refractivity contribution is 0.112. The number of halogens is 1. The summed E-state index contributed by atoms with van der Waals surface area (Å²) in [6.45, 7) is 0. The van der Waals surface area contributed by atoms with E-state index in [1.54, 1.807) is 6.07 Å². The van der Waals surface area contributed by atoms with Crippen molar-refractivity contribution in [2.45, 2.75) is 9.92 Å². The summed E-state index contributed by atoms with van der Waals surface area (Å²) in [6.07, 6.45) is 5.20. The molecule has 0 N–H and O–H groups in total. The Morgan fingerprint density at radius 2 is 2.19 bits per heavy atom. The number of nitrogens with zero attached hydrogens (tertiary/aromatic N) is 2. The number of rotatable bonds is 3. The molecule has 80 valence electrons. The van der Waals surface area contributed by atoms with Gasteiger partial charge < -0.3 is 0 Å². The molecule has 2 rings (SSSR count). The fourth-order valence-corrected chi connectivity index (χ4v) is 2.00. The van der Waals surface area contributed by atoms with Crippen LogP contribution >= 0.6 is 11.8 Å². The van der Waals surface area contributed by atoms with Gasteiger partial charge in [0.05, 0.1) is 11.1 Å². The molecule has 3 nitrogen and oxygen atoms in total. The maximum absolute atomic E-state index is 13.5. The van der Waals surface area contributed by atoms with E-state index in [-0.39, 0.29) is 4.90 Å². The smallest absolute Gasteiger partial charge is 0.151 e. The first-order valence-corrected chi connectivity index (χ1v) is 5.30. The SMILES string of the molecule is O=Cc1cccc(F)c1Sc1cnccn1. The van der Waals surface area contributed by atoms with Crippen LogP contribution in [-0.4, -0.2) is 16.3 Å². The molecule has 0 bridgehead atoms. The zero-order chi connectivity index (χ0) is 11.4. The number of hydrogen-bond acceptors (Lipinski definition) is 4. The van der Waals surface area contributed by atoms with Crippen molar-refractivity contribution in [1.82, 2.24) is 9.97 Å². The van der Waals surface area contributed by atoms with Crippen LogP contribution in [0.2, 0.25) is 0 Å². The van der Waals surface area contributed by atoms with Crippen LogP contribution in [0.5, 0.6) is 0 Å². The van der Waals surface area contributed by atoms with Crippen LogP contribution < -0.4 is 0 Å². The molecule has 2 aromatic rings. The zero-order valence-corrected chi connectivity index (χ0v) is 8.95. The first-order chi connectivity index (χ1) is 7.81. The predicted molar refractivity (Wildman–Crippen MR) is 57.9 cm³/mol. The standard InChI is InChI=1S/C11H7FN2OS/c12-9-3-1-2-8(7-15)11(9)16-10-6-13-4-5-14-10/h1-7H. The van der Waals surface area contributed by atoms with E-state index in [9.17, 15) is 9.18 Å². The second-order valence-corrected chi connectivity index (χ2v) is 3.95. The van der Waals surface area contributed by atoms with Crippen molar-refractivity contribution < 1.29 is 9.18 Å². The van der Waals surface area contributed by atoms with Gasteiger partial charge in [0.25, 0.3) is 0 Å². The van der Waals surface area contributed by atoms with Gasteiger partial charge >= 0.3 is 0 Å². The van der Waals surface area contributed by atoms with Crippen molar-refractivity contribution in [2.75, 3.05) is 0 Å². The van der Waals surface area contributed by atoms with Crippen LogP contribution in [0.3, 0.4) is 0 Å². The summed E-state index contributed by atoms with van der Waals surface area (Å²) in [5.74, 6) is -0.430. The lowest BCUT2D eigenvalue weighted by Gasteiger charge is -2.04. The highest BCUT2D eigenvalue weighted by molar-refractivity contribution is 7.99. The Kier molecular flexibility index (Phi) is 3.26. The van der Waals surface area contributed by atoms with Crippen molar-refractivity contribution in [1.29, 1.82) is 0 Å². The van der Waals surface area contributed by atoms with Crippen molar-refractivity contribution in [3.63, 3.8) is 0 Å². The Labute approximate surface area is 95.7 Å². The van der Waals surface area contributed by atoms with Crippen molar-refractivity contribution in [3.05, 3.63) is 48.2 Å². The van der Waals surface area contributed by atoms with E-state index in [4.69, 9.17) is 0 Å². The van der Waals surface area contributed by atoms with Crippen LogP contribution in [0, 0.1) is 5.82 Å². The van der Waals surface area contributed by atoms with Crippen molar-refractivity contribution in [3.8, 4) is 0 Å². The quantitative estimate of drug-likeness (QED) is 0.765. The first kappa shape index (κ1) is 10.8. The van der Waals surface area contributed by atoms with E-state index in [1.165, 1.54) is 30.7 Å². The van der Waals surface area contributed by atoms with Crippen LogP contribution in [-0.2, 0) is 0 Å². The topological polar surface area (TPSA) is 42.9 Å². The van der Waals surface area contributed by atoms with E-state index in [0.717, 1.165) is 11.8 Å². The van der Waals surface area contributed by atoms with Gasteiger partial charge in [0.15, 0.2) is 6.29 Å². The summed E-state index contributed by atoms with van der Waals surface area (Å²) in [7, 11) is 0. The second-order valence-electron chi connectivity index (χ2n) is 2.92. The number of carbonyl (C=O) groups excluding carboxylic acids is 1. The van der Waals surface area contributed by atoms with E-state index in [1.807, 2.05) is 0 Å². The molecule has 0 amide bonds. The van der Waals surface area contributed by atoms with E-state index in [2.05, 4.69) is 9.97 Å². The van der Waals surface area contributed by atoms with Gasteiger partial charge in [-0.1, -0.05) is 23.9 Å². The summed E-state index contributed by atoms with van der Waals surface area (Å²) in [5.41, 5.74) is 0.315. The van der Waals surface area contributed by atoms with Crippen molar-refractivity contribution in [2.24, 2.45) is 0 Å². The average molecular weight is 234 g/mol. The Balaban J connectivity index is 2.38. The number of hydrogen-bond donors (Lipinski definition) is 0. The average Bonchev–Trinajstić information content (AvgIpc) is 2.33. The molecular weight excluding hydrogens is 227 g/mol.